The molecule has 0 fully saturated rings. The first-order valence-corrected chi connectivity index (χ1v) is 4.97. The first-order chi connectivity index (χ1) is 8.19. The molecule has 2 N–H and O–H groups in total. The summed E-state index contributed by atoms with van der Waals surface area (Å²) in [7, 11) is 0. The van der Waals surface area contributed by atoms with Crippen LogP contribution in [0.15, 0.2) is 18.2 Å². The Kier molecular flexibility index (Phi) is 3.04. The SMILES string of the molecule is O=CC(=O)NCc1ccc2c(c1)NC(=O)CO2. The van der Waals surface area contributed by atoms with E-state index in [1.807, 2.05) is 0 Å². The zero-order valence-electron chi connectivity index (χ0n) is 8.86. The van der Waals surface area contributed by atoms with E-state index >= 15 is 0 Å². The Hall–Kier alpha value is -2.37. The lowest BCUT2D eigenvalue weighted by Crippen LogP contribution is -2.26. The van der Waals surface area contributed by atoms with Gasteiger partial charge < -0.3 is 15.4 Å². The number of rotatable bonds is 3. The number of anilines is 1. The van der Waals surface area contributed by atoms with E-state index in [-0.39, 0.29) is 25.3 Å². The molecule has 0 saturated heterocycles. The molecule has 1 aromatic carbocycles. The van der Waals surface area contributed by atoms with Crippen molar-refractivity contribution in [3.8, 4) is 5.75 Å². The van der Waals surface area contributed by atoms with Crippen LogP contribution in [0.3, 0.4) is 0 Å². The van der Waals surface area contributed by atoms with Crippen LogP contribution in [0, 0.1) is 0 Å². The summed E-state index contributed by atoms with van der Waals surface area (Å²) >= 11 is 0. The lowest BCUT2D eigenvalue weighted by molar-refractivity contribution is -0.131. The van der Waals surface area contributed by atoms with Crippen molar-refractivity contribution in [2.24, 2.45) is 0 Å². The molecule has 1 aromatic rings. The van der Waals surface area contributed by atoms with Crippen molar-refractivity contribution in [1.29, 1.82) is 0 Å². The zero-order chi connectivity index (χ0) is 12.3. The Morgan fingerprint density at radius 1 is 1.53 bits per heavy atom. The fraction of sp³-hybridized carbons (Fsp3) is 0.182. The van der Waals surface area contributed by atoms with Gasteiger partial charge in [0.15, 0.2) is 6.61 Å². The van der Waals surface area contributed by atoms with E-state index in [4.69, 9.17) is 4.74 Å². The maximum atomic E-state index is 11.1. The second-order valence-corrected chi connectivity index (χ2v) is 3.50. The van der Waals surface area contributed by atoms with Crippen LogP contribution in [0.5, 0.6) is 5.75 Å². The fourth-order valence-corrected chi connectivity index (χ4v) is 1.47. The number of aldehydes is 1. The van der Waals surface area contributed by atoms with Crippen molar-refractivity contribution in [3.63, 3.8) is 0 Å². The van der Waals surface area contributed by atoms with E-state index in [1.54, 1.807) is 18.2 Å². The van der Waals surface area contributed by atoms with E-state index in [0.717, 1.165) is 5.56 Å². The van der Waals surface area contributed by atoms with Crippen LogP contribution in [0.2, 0.25) is 0 Å². The second kappa shape index (κ2) is 4.65. The fourth-order valence-electron chi connectivity index (χ4n) is 1.47. The van der Waals surface area contributed by atoms with Gasteiger partial charge in [0.2, 0.25) is 6.29 Å². The summed E-state index contributed by atoms with van der Waals surface area (Å²) in [6, 6.07) is 5.15. The molecule has 0 aliphatic carbocycles. The van der Waals surface area contributed by atoms with Crippen LogP contribution >= 0.6 is 0 Å². The van der Waals surface area contributed by atoms with Crippen LogP contribution in [0.25, 0.3) is 0 Å². The molecule has 2 amide bonds. The zero-order valence-corrected chi connectivity index (χ0v) is 8.86. The highest BCUT2D eigenvalue weighted by molar-refractivity contribution is 6.23. The van der Waals surface area contributed by atoms with Gasteiger partial charge >= 0.3 is 0 Å². The van der Waals surface area contributed by atoms with Crippen molar-refractivity contribution in [3.05, 3.63) is 23.8 Å². The lowest BCUT2D eigenvalue weighted by atomic mass is 10.1. The Morgan fingerprint density at radius 3 is 3.12 bits per heavy atom. The molecule has 1 aliphatic heterocycles. The third kappa shape index (κ3) is 2.60. The van der Waals surface area contributed by atoms with Crippen molar-refractivity contribution in [1.82, 2.24) is 5.32 Å². The molecule has 0 atom stereocenters. The maximum Gasteiger partial charge on any atom is 0.284 e. The molecule has 0 aromatic heterocycles. The highest BCUT2D eigenvalue weighted by Crippen LogP contribution is 2.28. The van der Waals surface area contributed by atoms with Crippen molar-refractivity contribution < 1.29 is 19.1 Å². The number of hydrogen-bond donors (Lipinski definition) is 2. The summed E-state index contributed by atoms with van der Waals surface area (Å²) < 4.78 is 5.18. The smallest absolute Gasteiger partial charge is 0.284 e. The standard InChI is InChI=1S/C11H10N2O4/c14-5-10(15)12-4-7-1-2-9-8(3-7)13-11(16)6-17-9/h1-3,5H,4,6H2,(H,12,15)(H,13,16). The van der Waals surface area contributed by atoms with Gasteiger partial charge in [-0.05, 0) is 17.7 Å². The van der Waals surface area contributed by atoms with Gasteiger partial charge in [0, 0.05) is 6.54 Å². The Labute approximate surface area is 96.9 Å². The average Bonchev–Trinajstić information content (AvgIpc) is 2.35. The van der Waals surface area contributed by atoms with Gasteiger partial charge in [-0.15, -0.1) is 0 Å². The van der Waals surface area contributed by atoms with Crippen LogP contribution < -0.4 is 15.4 Å². The summed E-state index contributed by atoms with van der Waals surface area (Å²) in [6.45, 7) is 0.231. The minimum absolute atomic E-state index is 0.00816. The third-order valence-corrected chi connectivity index (χ3v) is 2.25. The van der Waals surface area contributed by atoms with Crippen LogP contribution in [-0.2, 0) is 20.9 Å². The summed E-state index contributed by atoms with van der Waals surface area (Å²) in [5.74, 6) is -0.301. The topological polar surface area (TPSA) is 84.5 Å². The number of amides is 2. The van der Waals surface area contributed by atoms with Gasteiger partial charge in [0.05, 0.1) is 5.69 Å². The molecular formula is C11H10N2O4. The minimum atomic E-state index is -0.678. The van der Waals surface area contributed by atoms with Crippen molar-refractivity contribution >= 4 is 23.8 Å². The summed E-state index contributed by atoms with van der Waals surface area (Å²) in [5, 5.41) is 5.06. The van der Waals surface area contributed by atoms with Gasteiger partial charge in [0.25, 0.3) is 11.8 Å². The number of benzene rings is 1. The highest BCUT2D eigenvalue weighted by Gasteiger charge is 2.15. The number of ether oxygens (including phenoxy) is 1. The summed E-state index contributed by atoms with van der Waals surface area (Å²) in [6.07, 6.45) is 0.212. The maximum absolute atomic E-state index is 11.1. The molecule has 6 nitrogen and oxygen atoms in total. The predicted molar refractivity (Wildman–Crippen MR) is 58.5 cm³/mol. The Bertz CT molecular complexity index is 484. The van der Waals surface area contributed by atoms with E-state index in [2.05, 4.69) is 10.6 Å². The lowest BCUT2D eigenvalue weighted by Gasteiger charge is -2.18. The molecule has 1 heterocycles. The molecule has 0 saturated carbocycles. The van der Waals surface area contributed by atoms with Crippen LogP contribution in [0.1, 0.15) is 5.56 Å². The molecule has 17 heavy (non-hydrogen) atoms. The van der Waals surface area contributed by atoms with E-state index < -0.39 is 5.91 Å². The quantitative estimate of drug-likeness (QED) is 0.562. The summed E-state index contributed by atoms with van der Waals surface area (Å²) in [4.78, 5) is 32.0. The number of carbonyl (C=O) groups excluding carboxylic acids is 3. The Balaban J connectivity index is 2.10. The van der Waals surface area contributed by atoms with Gasteiger partial charge in [-0.2, -0.15) is 0 Å². The van der Waals surface area contributed by atoms with E-state index in [1.165, 1.54) is 0 Å². The molecule has 0 radical (unpaired) electrons. The largest absolute Gasteiger partial charge is 0.482 e. The van der Waals surface area contributed by atoms with Gasteiger partial charge in [0.1, 0.15) is 5.75 Å². The molecule has 6 heteroatoms. The first-order valence-electron chi connectivity index (χ1n) is 4.97. The van der Waals surface area contributed by atoms with Crippen molar-refractivity contribution in [2.75, 3.05) is 11.9 Å². The number of fused-ring (bicyclic) bond motifs is 1. The minimum Gasteiger partial charge on any atom is -0.482 e. The van der Waals surface area contributed by atoms with Gasteiger partial charge in [-0.25, -0.2) is 0 Å². The monoisotopic (exact) mass is 234 g/mol. The molecular weight excluding hydrogens is 224 g/mol. The van der Waals surface area contributed by atoms with E-state index in [0.29, 0.717) is 11.4 Å². The van der Waals surface area contributed by atoms with E-state index in [9.17, 15) is 14.4 Å². The second-order valence-electron chi connectivity index (χ2n) is 3.50. The number of nitrogens with one attached hydrogen (secondary N) is 2. The van der Waals surface area contributed by atoms with Gasteiger partial charge in [-0.1, -0.05) is 6.07 Å². The molecule has 1 aliphatic rings. The number of hydrogen-bond acceptors (Lipinski definition) is 4. The summed E-state index contributed by atoms with van der Waals surface area (Å²) in [5.41, 5.74) is 1.34. The molecule has 88 valence electrons. The van der Waals surface area contributed by atoms with Gasteiger partial charge in [-0.3, -0.25) is 14.4 Å². The van der Waals surface area contributed by atoms with Crippen molar-refractivity contribution in [2.45, 2.75) is 6.54 Å². The molecule has 0 bridgehead atoms. The normalized spacial score (nSPS) is 13.1. The highest BCUT2D eigenvalue weighted by atomic mass is 16.5. The predicted octanol–water partition coefficient (Wildman–Crippen LogP) is -0.167. The molecule has 0 unspecified atom stereocenters. The van der Waals surface area contributed by atoms with Crippen LogP contribution in [0.4, 0.5) is 5.69 Å². The Morgan fingerprint density at radius 2 is 2.35 bits per heavy atom. The van der Waals surface area contributed by atoms with Crippen LogP contribution in [-0.4, -0.2) is 24.7 Å². The first kappa shape index (κ1) is 11.1. The number of carbonyl (C=O) groups is 3. The average molecular weight is 234 g/mol. The molecule has 0 spiro atoms. The third-order valence-electron chi connectivity index (χ3n) is 2.25. The molecule has 2 rings (SSSR count).